The van der Waals surface area contributed by atoms with E-state index in [0.717, 1.165) is 6.07 Å². The van der Waals surface area contributed by atoms with Gasteiger partial charge in [0, 0.05) is 10.9 Å². The zero-order valence-electron chi connectivity index (χ0n) is 9.08. The molecule has 0 N–H and O–H groups in total. The van der Waals surface area contributed by atoms with Crippen LogP contribution in [0.4, 0.5) is 13.2 Å². The number of benzene rings is 1. The minimum atomic E-state index is -4.47. The molecule has 0 atom stereocenters. The van der Waals surface area contributed by atoms with Crippen LogP contribution in [0.1, 0.15) is 11.4 Å². The van der Waals surface area contributed by atoms with E-state index in [1.807, 2.05) is 0 Å². The highest BCUT2D eigenvalue weighted by Crippen LogP contribution is 2.29. The first-order valence-corrected chi connectivity index (χ1v) is 6.19. The van der Waals surface area contributed by atoms with Crippen LogP contribution in [0.15, 0.2) is 36.4 Å². The second-order valence-electron chi connectivity index (χ2n) is 3.57. The molecule has 0 aliphatic carbocycles. The fourth-order valence-electron chi connectivity index (χ4n) is 1.43. The third-order valence-corrected chi connectivity index (χ3v) is 2.81. The average molecular weight is 317 g/mol. The summed E-state index contributed by atoms with van der Waals surface area (Å²) in [5.74, 6) is 0.0832. The van der Waals surface area contributed by atoms with Crippen molar-refractivity contribution in [3.63, 3.8) is 0 Å². The lowest BCUT2D eigenvalue weighted by atomic mass is 10.2. The molecule has 0 aliphatic rings. The van der Waals surface area contributed by atoms with Gasteiger partial charge in [-0.3, -0.25) is 0 Å². The van der Waals surface area contributed by atoms with Crippen molar-refractivity contribution in [2.75, 3.05) is 0 Å². The lowest BCUT2D eigenvalue weighted by Gasteiger charge is -2.09. The van der Waals surface area contributed by atoms with Crippen LogP contribution >= 0.6 is 15.9 Å². The van der Waals surface area contributed by atoms with Crippen LogP contribution in [0.5, 0.6) is 0 Å². The van der Waals surface area contributed by atoms with E-state index in [2.05, 4.69) is 25.9 Å². The van der Waals surface area contributed by atoms with Crippen molar-refractivity contribution in [3.05, 3.63) is 47.8 Å². The summed E-state index contributed by atoms with van der Waals surface area (Å²) in [5, 5.41) is 0.248. The third kappa shape index (κ3) is 2.87. The van der Waals surface area contributed by atoms with Crippen LogP contribution in [0.25, 0.3) is 11.4 Å². The van der Waals surface area contributed by atoms with Crippen molar-refractivity contribution >= 4 is 15.9 Å². The minimum absolute atomic E-state index is 0.0832. The highest BCUT2D eigenvalue weighted by atomic mass is 79.9. The van der Waals surface area contributed by atoms with Gasteiger partial charge in [-0.05, 0) is 6.07 Å². The van der Waals surface area contributed by atoms with E-state index in [0.29, 0.717) is 11.3 Å². The number of hydrogen-bond acceptors (Lipinski definition) is 2. The van der Waals surface area contributed by atoms with Gasteiger partial charge in [0.1, 0.15) is 5.69 Å². The predicted molar refractivity (Wildman–Crippen MR) is 65.1 cm³/mol. The molecule has 0 radical (unpaired) electrons. The third-order valence-electron chi connectivity index (χ3n) is 2.24. The van der Waals surface area contributed by atoms with Gasteiger partial charge in [-0.25, -0.2) is 9.97 Å². The van der Waals surface area contributed by atoms with E-state index in [1.165, 1.54) is 0 Å². The summed E-state index contributed by atoms with van der Waals surface area (Å²) >= 11 is 3.11. The first-order chi connectivity index (χ1) is 8.50. The molecule has 0 saturated heterocycles. The fourth-order valence-corrected chi connectivity index (χ4v) is 1.71. The van der Waals surface area contributed by atoms with Crippen molar-refractivity contribution in [1.29, 1.82) is 0 Å². The molecule has 1 heterocycles. The molecule has 2 rings (SSSR count). The highest BCUT2D eigenvalue weighted by Gasteiger charge is 2.33. The van der Waals surface area contributed by atoms with Crippen LogP contribution < -0.4 is 0 Å². The van der Waals surface area contributed by atoms with Gasteiger partial charge in [0.15, 0.2) is 5.82 Å². The largest absolute Gasteiger partial charge is 0.433 e. The Morgan fingerprint density at radius 3 is 2.28 bits per heavy atom. The monoisotopic (exact) mass is 316 g/mol. The zero-order valence-corrected chi connectivity index (χ0v) is 10.7. The Kier molecular flexibility index (Phi) is 3.65. The summed E-state index contributed by atoms with van der Waals surface area (Å²) in [6, 6.07) is 9.53. The molecule has 1 aromatic heterocycles. The molecule has 0 bridgehead atoms. The van der Waals surface area contributed by atoms with Crippen LogP contribution in [0, 0.1) is 0 Å². The molecule has 2 nitrogen and oxygen atoms in total. The lowest BCUT2D eigenvalue weighted by Crippen LogP contribution is -2.10. The summed E-state index contributed by atoms with van der Waals surface area (Å²) in [7, 11) is 0. The van der Waals surface area contributed by atoms with Gasteiger partial charge in [0.25, 0.3) is 0 Å². The quantitative estimate of drug-likeness (QED) is 0.781. The van der Waals surface area contributed by atoms with Gasteiger partial charge in [0.05, 0.1) is 5.69 Å². The molecule has 0 amide bonds. The summed E-state index contributed by atoms with van der Waals surface area (Å²) in [5.41, 5.74) is -0.0622. The summed E-state index contributed by atoms with van der Waals surface area (Å²) in [4.78, 5) is 7.64. The Morgan fingerprint density at radius 2 is 1.72 bits per heavy atom. The molecule has 94 valence electrons. The topological polar surface area (TPSA) is 25.8 Å². The van der Waals surface area contributed by atoms with Crippen molar-refractivity contribution < 1.29 is 13.2 Å². The second kappa shape index (κ2) is 5.06. The zero-order chi connectivity index (χ0) is 13.2. The number of halogens is 4. The SMILES string of the molecule is FC(F)(F)c1cc(CBr)nc(-c2ccccc2)n1. The Labute approximate surface area is 110 Å². The number of rotatable bonds is 2. The summed E-state index contributed by atoms with van der Waals surface area (Å²) in [6.45, 7) is 0. The van der Waals surface area contributed by atoms with E-state index >= 15 is 0 Å². The lowest BCUT2D eigenvalue weighted by molar-refractivity contribution is -0.141. The van der Waals surface area contributed by atoms with Crippen LogP contribution in [0.2, 0.25) is 0 Å². The second-order valence-corrected chi connectivity index (χ2v) is 4.13. The maximum absolute atomic E-state index is 12.7. The van der Waals surface area contributed by atoms with E-state index in [4.69, 9.17) is 0 Å². The maximum Gasteiger partial charge on any atom is 0.433 e. The smallest absolute Gasteiger partial charge is 0.232 e. The molecule has 0 aliphatic heterocycles. The molecule has 0 spiro atoms. The Hall–Kier alpha value is -1.43. The number of aromatic nitrogens is 2. The van der Waals surface area contributed by atoms with E-state index in [-0.39, 0.29) is 11.2 Å². The summed E-state index contributed by atoms with van der Waals surface area (Å²) in [6.07, 6.45) is -4.47. The molecule has 0 fully saturated rings. The normalized spacial score (nSPS) is 11.6. The van der Waals surface area contributed by atoms with Crippen molar-refractivity contribution in [1.82, 2.24) is 9.97 Å². The van der Waals surface area contributed by atoms with E-state index in [1.54, 1.807) is 30.3 Å². The van der Waals surface area contributed by atoms with Gasteiger partial charge in [-0.2, -0.15) is 13.2 Å². The molecule has 0 unspecified atom stereocenters. The molecule has 6 heteroatoms. The van der Waals surface area contributed by atoms with Gasteiger partial charge in [-0.1, -0.05) is 46.3 Å². The van der Waals surface area contributed by atoms with Crippen molar-refractivity contribution in [3.8, 4) is 11.4 Å². The average Bonchev–Trinajstić information content (AvgIpc) is 2.38. The van der Waals surface area contributed by atoms with Crippen LogP contribution in [-0.2, 0) is 11.5 Å². The van der Waals surface area contributed by atoms with Crippen LogP contribution in [-0.4, -0.2) is 9.97 Å². The molecule has 2 aromatic rings. The number of alkyl halides is 4. The Balaban J connectivity index is 2.55. The standard InChI is InChI=1S/C12H8BrF3N2/c13-7-9-6-10(12(14,15)16)18-11(17-9)8-4-2-1-3-5-8/h1-6H,7H2. The first-order valence-electron chi connectivity index (χ1n) is 5.07. The number of hydrogen-bond donors (Lipinski definition) is 0. The number of nitrogens with zero attached hydrogens (tertiary/aromatic N) is 2. The molecular formula is C12H8BrF3N2. The van der Waals surface area contributed by atoms with Crippen LogP contribution in [0.3, 0.4) is 0 Å². The minimum Gasteiger partial charge on any atom is -0.232 e. The molecule has 18 heavy (non-hydrogen) atoms. The Bertz CT molecular complexity index is 541. The highest BCUT2D eigenvalue weighted by molar-refractivity contribution is 9.08. The van der Waals surface area contributed by atoms with Gasteiger partial charge in [-0.15, -0.1) is 0 Å². The maximum atomic E-state index is 12.7. The predicted octanol–water partition coefficient (Wildman–Crippen LogP) is 4.06. The van der Waals surface area contributed by atoms with Crippen molar-refractivity contribution in [2.24, 2.45) is 0 Å². The fraction of sp³-hybridized carbons (Fsp3) is 0.167. The van der Waals surface area contributed by atoms with Crippen molar-refractivity contribution in [2.45, 2.75) is 11.5 Å². The summed E-state index contributed by atoms with van der Waals surface area (Å²) < 4.78 is 38.1. The first kappa shape index (κ1) is 13.0. The van der Waals surface area contributed by atoms with E-state index < -0.39 is 11.9 Å². The van der Waals surface area contributed by atoms with Gasteiger partial charge < -0.3 is 0 Å². The molecule has 0 saturated carbocycles. The van der Waals surface area contributed by atoms with Gasteiger partial charge in [0.2, 0.25) is 0 Å². The molecular weight excluding hydrogens is 309 g/mol. The molecule has 1 aromatic carbocycles. The Morgan fingerprint density at radius 1 is 1.06 bits per heavy atom. The van der Waals surface area contributed by atoms with Gasteiger partial charge >= 0.3 is 6.18 Å². The van der Waals surface area contributed by atoms with E-state index in [9.17, 15) is 13.2 Å².